The molecule has 32 heavy (non-hydrogen) atoms. The van der Waals surface area contributed by atoms with Crippen LogP contribution in [0.15, 0.2) is 36.5 Å². The first kappa shape index (κ1) is 22.7. The average molecular weight is 438 g/mol. The Balaban J connectivity index is 1.30. The number of rotatable bonds is 10. The maximum absolute atomic E-state index is 13.0. The smallest absolute Gasteiger partial charge is 0.272 e. The van der Waals surface area contributed by atoms with Crippen molar-refractivity contribution in [2.45, 2.75) is 64.1 Å². The number of benzene rings is 1. The van der Waals surface area contributed by atoms with Gasteiger partial charge in [0.25, 0.3) is 5.91 Å². The zero-order valence-corrected chi connectivity index (χ0v) is 19.3. The quantitative estimate of drug-likeness (QED) is 0.574. The number of carbonyl (C=O) groups is 1. The molecule has 0 bridgehead atoms. The number of hydrogen-bond acceptors (Lipinski definition) is 5. The summed E-state index contributed by atoms with van der Waals surface area (Å²) in [6, 6.07) is 10.5. The summed E-state index contributed by atoms with van der Waals surface area (Å²) < 4.78 is 11.3. The lowest BCUT2D eigenvalue weighted by atomic mass is 10.1. The van der Waals surface area contributed by atoms with E-state index in [0.717, 1.165) is 51.8 Å². The highest BCUT2D eigenvalue weighted by Crippen LogP contribution is 2.27. The van der Waals surface area contributed by atoms with E-state index < -0.39 is 0 Å². The SMILES string of the molecule is CCCCOc1ccc(C(=O)N(C)[C@@H]2Cc3ccc(CNC[C@@H]4CCCO4)cc3C2)nc1. The minimum atomic E-state index is -0.0404. The molecule has 0 radical (unpaired) electrons. The monoisotopic (exact) mass is 437 g/mol. The van der Waals surface area contributed by atoms with Crippen LogP contribution in [0.3, 0.4) is 0 Å². The minimum absolute atomic E-state index is 0.0404. The van der Waals surface area contributed by atoms with Gasteiger partial charge < -0.3 is 19.7 Å². The van der Waals surface area contributed by atoms with Gasteiger partial charge in [-0.25, -0.2) is 4.98 Å². The van der Waals surface area contributed by atoms with Crippen molar-refractivity contribution in [2.24, 2.45) is 0 Å². The van der Waals surface area contributed by atoms with E-state index in [4.69, 9.17) is 9.47 Å². The van der Waals surface area contributed by atoms with Crippen molar-refractivity contribution in [2.75, 3.05) is 26.8 Å². The first-order valence-corrected chi connectivity index (χ1v) is 11.9. The maximum Gasteiger partial charge on any atom is 0.272 e. The van der Waals surface area contributed by atoms with Gasteiger partial charge in [-0.1, -0.05) is 31.5 Å². The minimum Gasteiger partial charge on any atom is -0.492 e. The lowest BCUT2D eigenvalue weighted by molar-refractivity contribution is 0.0731. The molecule has 1 aliphatic heterocycles. The average Bonchev–Trinajstić information content (AvgIpc) is 3.48. The lowest BCUT2D eigenvalue weighted by Gasteiger charge is -2.24. The van der Waals surface area contributed by atoms with Gasteiger partial charge in [-0.05, 0) is 60.9 Å². The second-order valence-electron chi connectivity index (χ2n) is 8.93. The van der Waals surface area contributed by atoms with Crippen molar-refractivity contribution < 1.29 is 14.3 Å². The molecule has 0 spiro atoms. The molecule has 1 aromatic carbocycles. The second kappa shape index (κ2) is 10.9. The fraction of sp³-hybridized carbons (Fsp3) is 0.538. The van der Waals surface area contributed by atoms with Crippen LogP contribution in [0.5, 0.6) is 5.75 Å². The predicted octanol–water partition coefficient (Wildman–Crippen LogP) is 3.77. The molecule has 2 aromatic rings. The zero-order valence-electron chi connectivity index (χ0n) is 19.3. The Labute approximate surface area is 191 Å². The number of likely N-dealkylation sites (N-methyl/N-ethyl adjacent to an activating group) is 1. The summed E-state index contributed by atoms with van der Waals surface area (Å²) >= 11 is 0. The lowest BCUT2D eigenvalue weighted by Crippen LogP contribution is -2.38. The van der Waals surface area contributed by atoms with Gasteiger partial charge in [-0.3, -0.25) is 4.79 Å². The standard InChI is InChI=1S/C26H35N3O3/c1-3-4-11-31-24-9-10-25(28-18-24)26(30)29(2)22-14-20-8-7-19(13-21(20)15-22)16-27-17-23-6-5-12-32-23/h7-10,13,18,22-23,27H,3-6,11-12,14-17H2,1-2H3/t22-,23+/m1/s1. The molecular formula is C26H35N3O3. The number of nitrogens with zero attached hydrogens (tertiary/aromatic N) is 2. The largest absolute Gasteiger partial charge is 0.492 e. The van der Waals surface area contributed by atoms with Gasteiger partial charge in [-0.2, -0.15) is 0 Å². The second-order valence-corrected chi connectivity index (χ2v) is 8.93. The summed E-state index contributed by atoms with van der Waals surface area (Å²) in [6.45, 7) is 5.46. The van der Waals surface area contributed by atoms with E-state index in [9.17, 15) is 4.79 Å². The summed E-state index contributed by atoms with van der Waals surface area (Å²) in [5.41, 5.74) is 4.44. The molecular weight excluding hydrogens is 402 g/mol. The molecule has 1 N–H and O–H groups in total. The topological polar surface area (TPSA) is 63.7 Å². The van der Waals surface area contributed by atoms with Crippen molar-refractivity contribution in [3.8, 4) is 5.75 Å². The van der Waals surface area contributed by atoms with Crippen LogP contribution in [-0.4, -0.2) is 54.7 Å². The highest BCUT2D eigenvalue weighted by molar-refractivity contribution is 5.92. The summed E-state index contributed by atoms with van der Waals surface area (Å²) in [5, 5.41) is 3.52. The molecule has 4 rings (SSSR count). The van der Waals surface area contributed by atoms with Crippen LogP contribution in [0.1, 0.15) is 59.8 Å². The van der Waals surface area contributed by atoms with Gasteiger partial charge >= 0.3 is 0 Å². The van der Waals surface area contributed by atoms with E-state index in [0.29, 0.717) is 24.2 Å². The number of fused-ring (bicyclic) bond motifs is 1. The number of carbonyl (C=O) groups excluding carboxylic acids is 1. The number of hydrogen-bond donors (Lipinski definition) is 1. The molecule has 6 heteroatoms. The molecule has 2 heterocycles. The van der Waals surface area contributed by atoms with Crippen LogP contribution < -0.4 is 10.1 Å². The van der Waals surface area contributed by atoms with Crippen LogP contribution in [-0.2, 0) is 24.1 Å². The van der Waals surface area contributed by atoms with Crippen molar-refractivity contribution in [3.63, 3.8) is 0 Å². The Bertz CT molecular complexity index is 894. The Morgan fingerprint density at radius 2 is 2.12 bits per heavy atom. The van der Waals surface area contributed by atoms with E-state index >= 15 is 0 Å². The molecule has 0 saturated carbocycles. The number of pyridine rings is 1. The van der Waals surface area contributed by atoms with Gasteiger partial charge in [0.1, 0.15) is 11.4 Å². The first-order valence-electron chi connectivity index (χ1n) is 11.9. The molecule has 0 unspecified atom stereocenters. The Morgan fingerprint density at radius 3 is 2.88 bits per heavy atom. The van der Waals surface area contributed by atoms with Gasteiger partial charge in [-0.15, -0.1) is 0 Å². The van der Waals surface area contributed by atoms with Gasteiger partial charge in [0.05, 0.1) is 18.9 Å². The summed E-state index contributed by atoms with van der Waals surface area (Å²) in [5.74, 6) is 0.674. The Morgan fingerprint density at radius 1 is 1.25 bits per heavy atom. The van der Waals surface area contributed by atoms with E-state index in [2.05, 4.69) is 35.4 Å². The summed E-state index contributed by atoms with van der Waals surface area (Å²) in [4.78, 5) is 19.2. The molecule has 6 nitrogen and oxygen atoms in total. The third kappa shape index (κ3) is 5.67. The third-order valence-electron chi connectivity index (χ3n) is 6.50. The van der Waals surface area contributed by atoms with Crippen LogP contribution in [0.4, 0.5) is 0 Å². The fourth-order valence-corrected chi connectivity index (χ4v) is 4.49. The number of unbranched alkanes of at least 4 members (excludes halogenated alkanes) is 1. The molecule has 1 fully saturated rings. The molecule has 1 aromatic heterocycles. The van der Waals surface area contributed by atoms with Crippen molar-refractivity contribution in [1.82, 2.24) is 15.2 Å². The fourth-order valence-electron chi connectivity index (χ4n) is 4.49. The highest BCUT2D eigenvalue weighted by Gasteiger charge is 2.28. The Hall–Kier alpha value is -2.44. The van der Waals surface area contributed by atoms with Gasteiger partial charge in [0.15, 0.2) is 0 Å². The maximum atomic E-state index is 13.0. The summed E-state index contributed by atoms with van der Waals surface area (Å²) in [6.07, 6.45) is 8.21. The summed E-state index contributed by atoms with van der Waals surface area (Å²) in [7, 11) is 1.89. The van der Waals surface area contributed by atoms with Crippen molar-refractivity contribution in [1.29, 1.82) is 0 Å². The van der Waals surface area contributed by atoms with Crippen LogP contribution in [0.2, 0.25) is 0 Å². The van der Waals surface area contributed by atoms with E-state index in [-0.39, 0.29) is 11.9 Å². The molecule has 2 atom stereocenters. The number of amides is 1. The highest BCUT2D eigenvalue weighted by atomic mass is 16.5. The number of nitrogens with one attached hydrogen (secondary N) is 1. The number of aromatic nitrogens is 1. The van der Waals surface area contributed by atoms with E-state index in [1.807, 2.05) is 18.0 Å². The van der Waals surface area contributed by atoms with Crippen LogP contribution in [0, 0.1) is 0 Å². The van der Waals surface area contributed by atoms with Crippen LogP contribution in [0.25, 0.3) is 0 Å². The first-order chi connectivity index (χ1) is 15.6. The van der Waals surface area contributed by atoms with Gasteiger partial charge in [0.2, 0.25) is 0 Å². The van der Waals surface area contributed by atoms with E-state index in [1.165, 1.54) is 23.1 Å². The molecule has 1 aliphatic carbocycles. The predicted molar refractivity (Wildman–Crippen MR) is 125 cm³/mol. The number of ether oxygens (including phenoxy) is 2. The van der Waals surface area contributed by atoms with E-state index in [1.54, 1.807) is 12.3 Å². The van der Waals surface area contributed by atoms with Gasteiger partial charge in [0, 0.05) is 32.8 Å². The molecule has 172 valence electrons. The Kier molecular flexibility index (Phi) is 7.76. The zero-order chi connectivity index (χ0) is 22.3. The molecule has 1 amide bonds. The third-order valence-corrected chi connectivity index (χ3v) is 6.50. The molecule has 1 saturated heterocycles. The molecule has 2 aliphatic rings. The van der Waals surface area contributed by atoms with Crippen molar-refractivity contribution >= 4 is 5.91 Å². The van der Waals surface area contributed by atoms with Crippen molar-refractivity contribution in [3.05, 3.63) is 58.9 Å². The van der Waals surface area contributed by atoms with Crippen LogP contribution >= 0.6 is 0 Å². The normalized spacial score (nSPS) is 19.7.